The van der Waals surface area contributed by atoms with Crippen LogP contribution in [-0.4, -0.2) is 23.9 Å². The van der Waals surface area contributed by atoms with Gasteiger partial charge in [-0.1, -0.05) is 56.6 Å². The van der Waals surface area contributed by atoms with Gasteiger partial charge in [-0.3, -0.25) is 0 Å². The Bertz CT molecular complexity index is 806. The van der Waals surface area contributed by atoms with Gasteiger partial charge in [0.25, 0.3) is 0 Å². The monoisotopic (exact) mass is 363 g/mol. The molecule has 25 heavy (non-hydrogen) atoms. The van der Waals surface area contributed by atoms with Crippen molar-refractivity contribution in [1.82, 2.24) is 0 Å². The van der Waals surface area contributed by atoms with Crippen LogP contribution in [0, 0.1) is 5.41 Å². The van der Waals surface area contributed by atoms with Crippen LogP contribution >= 0.6 is 0 Å². The van der Waals surface area contributed by atoms with Crippen LogP contribution in [0.3, 0.4) is 0 Å². The standard InChI is InChI=1S/C19H25NO4S/c1-18(11-7-15(8-12-18)25(20,23)24)19(9-3-2-4-10-19)16-6-5-14(21)13-17(16)22/h5-8,11-13,15,21-22H,2-4,9-10H2,1H3,(H2,20,23,24)/t15-,18-. The molecule has 5 nitrogen and oxygen atoms in total. The van der Waals surface area contributed by atoms with Gasteiger partial charge in [0.15, 0.2) is 0 Å². The lowest BCUT2D eigenvalue weighted by Gasteiger charge is -2.50. The van der Waals surface area contributed by atoms with E-state index >= 15 is 0 Å². The van der Waals surface area contributed by atoms with Gasteiger partial charge in [0.1, 0.15) is 16.7 Å². The molecule has 0 aliphatic heterocycles. The quantitative estimate of drug-likeness (QED) is 0.718. The highest BCUT2D eigenvalue weighted by molar-refractivity contribution is 7.90. The van der Waals surface area contributed by atoms with Gasteiger partial charge in [-0.05, 0) is 18.9 Å². The van der Waals surface area contributed by atoms with Crippen molar-refractivity contribution in [1.29, 1.82) is 0 Å². The molecule has 0 radical (unpaired) electrons. The maximum Gasteiger partial charge on any atom is 0.219 e. The molecule has 136 valence electrons. The van der Waals surface area contributed by atoms with Gasteiger partial charge in [0, 0.05) is 22.5 Å². The number of benzene rings is 1. The van der Waals surface area contributed by atoms with Crippen LogP contribution in [0.2, 0.25) is 0 Å². The summed E-state index contributed by atoms with van der Waals surface area (Å²) in [6.07, 6.45) is 12.1. The van der Waals surface area contributed by atoms with Crippen molar-refractivity contribution in [3.05, 3.63) is 48.1 Å². The Kier molecular flexibility index (Phi) is 4.45. The van der Waals surface area contributed by atoms with Crippen molar-refractivity contribution in [2.75, 3.05) is 0 Å². The number of primary sulfonamides is 1. The van der Waals surface area contributed by atoms with Crippen LogP contribution in [0.25, 0.3) is 0 Å². The summed E-state index contributed by atoms with van der Waals surface area (Å²) in [4.78, 5) is 0. The van der Waals surface area contributed by atoms with E-state index in [0.29, 0.717) is 0 Å². The number of sulfonamides is 1. The van der Waals surface area contributed by atoms with E-state index in [1.807, 2.05) is 12.2 Å². The second-order valence-electron chi connectivity index (χ2n) is 7.40. The van der Waals surface area contributed by atoms with Crippen LogP contribution in [0.4, 0.5) is 0 Å². The minimum Gasteiger partial charge on any atom is -0.508 e. The Morgan fingerprint density at radius 1 is 1.08 bits per heavy atom. The zero-order valence-corrected chi connectivity index (χ0v) is 15.2. The molecule has 4 N–H and O–H groups in total. The molecule has 0 unspecified atom stereocenters. The summed E-state index contributed by atoms with van der Waals surface area (Å²) in [5.74, 6) is 0.111. The van der Waals surface area contributed by atoms with Gasteiger partial charge in [0.2, 0.25) is 10.0 Å². The van der Waals surface area contributed by atoms with Crippen molar-refractivity contribution in [3.63, 3.8) is 0 Å². The third kappa shape index (κ3) is 3.09. The van der Waals surface area contributed by atoms with Crippen LogP contribution in [0.5, 0.6) is 11.5 Å². The van der Waals surface area contributed by atoms with Crippen molar-refractivity contribution >= 4 is 10.0 Å². The summed E-state index contributed by atoms with van der Waals surface area (Å²) in [6.45, 7) is 2.07. The largest absolute Gasteiger partial charge is 0.508 e. The summed E-state index contributed by atoms with van der Waals surface area (Å²) in [5, 5.41) is 24.6. The van der Waals surface area contributed by atoms with E-state index in [4.69, 9.17) is 5.14 Å². The predicted octanol–water partition coefficient (Wildman–Crippen LogP) is 3.09. The fraction of sp³-hybridized carbons (Fsp3) is 0.474. The molecule has 0 atom stereocenters. The van der Waals surface area contributed by atoms with E-state index in [9.17, 15) is 18.6 Å². The summed E-state index contributed by atoms with van der Waals surface area (Å²) in [6, 6.07) is 4.76. The third-order valence-corrected chi connectivity index (χ3v) is 6.95. The molecule has 1 fully saturated rings. The summed E-state index contributed by atoms with van der Waals surface area (Å²) in [7, 11) is -3.66. The van der Waals surface area contributed by atoms with Gasteiger partial charge >= 0.3 is 0 Å². The predicted molar refractivity (Wildman–Crippen MR) is 97.8 cm³/mol. The molecule has 1 saturated carbocycles. The van der Waals surface area contributed by atoms with E-state index < -0.39 is 20.7 Å². The molecule has 3 rings (SSSR count). The van der Waals surface area contributed by atoms with E-state index in [2.05, 4.69) is 6.92 Å². The first-order valence-electron chi connectivity index (χ1n) is 8.61. The average Bonchev–Trinajstić information content (AvgIpc) is 2.55. The maximum absolute atomic E-state index is 11.6. The molecule has 2 aliphatic carbocycles. The number of rotatable bonds is 3. The molecule has 6 heteroatoms. The number of phenolic OH excluding ortho intramolecular Hbond substituents is 2. The molecule has 0 saturated heterocycles. The molecule has 1 aromatic rings. The summed E-state index contributed by atoms with van der Waals surface area (Å²) >= 11 is 0. The summed E-state index contributed by atoms with van der Waals surface area (Å²) < 4.78 is 23.2. The van der Waals surface area contributed by atoms with Crippen LogP contribution in [0.15, 0.2) is 42.5 Å². The normalized spacial score (nSPS) is 28.8. The van der Waals surface area contributed by atoms with E-state index in [-0.39, 0.29) is 16.9 Å². The van der Waals surface area contributed by atoms with E-state index in [0.717, 1.165) is 37.7 Å². The highest BCUT2D eigenvalue weighted by atomic mass is 32.2. The molecule has 0 amide bonds. The first-order valence-corrected chi connectivity index (χ1v) is 10.2. The van der Waals surface area contributed by atoms with Crippen LogP contribution in [-0.2, 0) is 15.4 Å². The molecular weight excluding hydrogens is 338 g/mol. The first-order chi connectivity index (χ1) is 11.7. The van der Waals surface area contributed by atoms with Gasteiger partial charge in [-0.15, -0.1) is 0 Å². The molecule has 2 aliphatic rings. The molecule has 0 heterocycles. The molecular formula is C19H25NO4S. The van der Waals surface area contributed by atoms with Gasteiger partial charge in [-0.25, -0.2) is 13.6 Å². The Hall–Kier alpha value is -1.79. The Balaban J connectivity index is 2.09. The van der Waals surface area contributed by atoms with Crippen LogP contribution < -0.4 is 5.14 Å². The van der Waals surface area contributed by atoms with Crippen molar-refractivity contribution in [3.8, 4) is 11.5 Å². The SMILES string of the molecule is C[C@]1(C2(c3ccc(O)cc3O)CCCCC2)C=C[C@H](S(N)(=O)=O)C=C1. The molecule has 1 aromatic carbocycles. The highest BCUT2D eigenvalue weighted by Gasteiger charge is 2.49. The molecule has 0 spiro atoms. The van der Waals surface area contributed by atoms with E-state index in [1.54, 1.807) is 24.3 Å². The number of allylic oxidation sites excluding steroid dienone is 2. The fourth-order valence-corrected chi connectivity index (χ4v) is 5.02. The molecule has 0 aromatic heterocycles. The van der Waals surface area contributed by atoms with Gasteiger partial charge in [-0.2, -0.15) is 0 Å². The third-order valence-electron chi connectivity index (χ3n) is 5.88. The number of phenols is 2. The topological polar surface area (TPSA) is 101 Å². The lowest BCUT2D eigenvalue weighted by atomic mass is 9.53. The number of nitrogens with two attached hydrogens (primary N) is 1. The minimum atomic E-state index is -3.66. The zero-order valence-electron chi connectivity index (χ0n) is 14.4. The van der Waals surface area contributed by atoms with Gasteiger partial charge < -0.3 is 10.2 Å². The Morgan fingerprint density at radius 2 is 1.68 bits per heavy atom. The number of aromatic hydroxyl groups is 2. The second-order valence-corrected chi connectivity index (χ2v) is 9.12. The molecule has 0 bridgehead atoms. The van der Waals surface area contributed by atoms with Crippen molar-refractivity contribution < 1.29 is 18.6 Å². The smallest absolute Gasteiger partial charge is 0.219 e. The minimum absolute atomic E-state index is 0.0291. The first kappa shape index (κ1) is 18.0. The number of hydrogen-bond acceptors (Lipinski definition) is 4. The second kappa shape index (κ2) is 6.18. The maximum atomic E-state index is 11.6. The highest BCUT2D eigenvalue weighted by Crippen LogP contribution is 2.56. The van der Waals surface area contributed by atoms with Crippen LogP contribution in [0.1, 0.15) is 44.6 Å². The summed E-state index contributed by atoms with van der Waals surface area (Å²) in [5.41, 5.74) is 0.0125. The lowest BCUT2D eigenvalue weighted by molar-refractivity contribution is 0.172. The fourth-order valence-electron chi connectivity index (χ4n) is 4.43. The van der Waals surface area contributed by atoms with Crippen molar-refractivity contribution in [2.45, 2.75) is 49.7 Å². The Morgan fingerprint density at radius 3 is 2.20 bits per heavy atom. The zero-order chi connectivity index (χ0) is 18.3. The number of hydrogen-bond donors (Lipinski definition) is 3. The lowest BCUT2D eigenvalue weighted by Crippen LogP contribution is -2.45. The Labute approximate surface area is 148 Å². The van der Waals surface area contributed by atoms with Crippen molar-refractivity contribution in [2.24, 2.45) is 10.6 Å². The van der Waals surface area contributed by atoms with E-state index in [1.165, 1.54) is 6.07 Å². The average molecular weight is 363 g/mol. The van der Waals surface area contributed by atoms with Gasteiger partial charge in [0.05, 0.1) is 0 Å².